The van der Waals surface area contributed by atoms with Crippen molar-refractivity contribution >= 4 is 17.5 Å². The van der Waals surface area contributed by atoms with E-state index >= 15 is 0 Å². The number of fused-ring (bicyclic) bond motifs is 1. The Balaban J connectivity index is 1.68. The standard InChI is InChI=1S/C19H20N2O4/c1-12(2)18(22)21-15-6-4-3-5-14(15)19(23)20-10-13-7-8-16-17(9-13)25-11-24-16/h3-9,12H,10-11H2,1-2H3,(H,20,23)(H,21,22). The summed E-state index contributed by atoms with van der Waals surface area (Å²) in [6.07, 6.45) is 0. The van der Waals surface area contributed by atoms with E-state index in [-0.39, 0.29) is 24.5 Å². The van der Waals surface area contributed by atoms with Crippen LogP contribution in [-0.4, -0.2) is 18.6 Å². The van der Waals surface area contributed by atoms with Crippen molar-refractivity contribution in [1.82, 2.24) is 5.32 Å². The number of hydrogen-bond acceptors (Lipinski definition) is 4. The number of rotatable bonds is 5. The quantitative estimate of drug-likeness (QED) is 0.877. The number of hydrogen-bond donors (Lipinski definition) is 2. The normalized spacial score (nSPS) is 12.1. The number of carbonyl (C=O) groups is 2. The third-order valence-electron chi connectivity index (χ3n) is 3.84. The Kier molecular flexibility index (Phi) is 4.88. The van der Waals surface area contributed by atoms with Gasteiger partial charge >= 0.3 is 0 Å². The molecule has 0 bridgehead atoms. The van der Waals surface area contributed by atoms with Crippen molar-refractivity contribution in [2.45, 2.75) is 20.4 Å². The molecule has 0 saturated heterocycles. The number of ether oxygens (including phenoxy) is 2. The molecule has 0 unspecified atom stereocenters. The third-order valence-corrected chi connectivity index (χ3v) is 3.84. The fraction of sp³-hybridized carbons (Fsp3) is 0.263. The highest BCUT2D eigenvalue weighted by atomic mass is 16.7. The predicted octanol–water partition coefficient (Wildman–Crippen LogP) is 2.94. The van der Waals surface area contributed by atoms with E-state index < -0.39 is 0 Å². The molecule has 1 aliphatic rings. The highest BCUT2D eigenvalue weighted by molar-refractivity contribution is 6.04. The maximum atomic E-state index is 12.5. The summed E-state index contributed by atoms with van der Waals surface area (Å²) in [6, 6.07) is 12.5. The second kappa shape index (κ2) is 7.25. The van der Waals surface area contributed by atoms with Gasteiger partial charge in [-0.15, -0.1) is 0 Å². The number of carbonyl (C=O) groups excluding carboxylic acids is 2. The van der Waals surface area contributed by atoms with Crippen molar-refractivity contribution in [3.05, 3.63) is 53.6 Å². The molecule has 0 aromatic heterocycles. The molecule has 0 aliphatic carbocycles. The largest absolute Gasteiger partial charge is 0.454 e. The molecule has 2 aromatic rings. The van der Waals surface area contributed by atoms with Crippen LogP contribution in [-0.2, 0) is 11.3 Å². The van der Waals surface area contributed by atoms with Crippen LogP contribution in [0.1, 0.15) is 29.8 Å². The van der Waals surface area contributed by atoms with Gasteiger partial charge < -0.3 is 20.1 Å². The lowest BCUT2D eigenvalue weighted by Crippen LogP contribution is -2.25. The Morgan fingerprint density at radius 2 is 1.84 bits per heavy atom. The van der Waals surface area contributed by atoms with Crippen LogP contribution in [0, 0.1) is 5.92 Å². The Hall–Kier alpha value is -3.02. The first-order chi connectivity index (χ1) is 12.0. The molecule has 0 fully saturated rings. The molecule has 2 amide bonds. The highest BCUT2D eigenvalue weighted by Gasteiger charge is 2.16. The zero-order chi connectivity index (χ0) is 17.8. The fourth-order valence-corrected chi connectivity index (χ4v) is 2.40. The van der Waals surface area contributed by atoms with Gasteiger partial charge in [0.2, 0.25) is 12.7 Å². The van der Waals surface area contributed by atoms with Crippen molar-refractivity contribution in [2.24, 2.45) is 5.92 Å². The van der Waals surface area contributed by atoms with E-state index in [1.54, 1.807) is 38.1 Å². The maximum Gasteiger partial charge on any atom is 0.253 e. The van der Waals surface area contributed by atoms with Gasteiger partial charge in [0.15, 0.2) is 11.5 Å². The van der Waals surface area contributed by atoms with Gasteiger partial charge in [-0.1, -0.05) is 32.0 Å². The van der Waals surface area contributed by atoms with E-state index in [0.717, 1.165) is 5.56 Å². The highest BCUT2D eigenvalue weighted by Crippen LogP contribution is 2.32. The molecular weight excluding hydrogens is 320 g/mol. The van der Waals surface area contributed by atoms with E-state index in [9.17, 15) is 9.59 Å². The van der Waals surface area contributed by atoms with E-state index in [1.807, 2.05) is 18.2 Å². The van der Waals surface area contributed by atoms with Crippen LogP contribution in [0.4, 0.5) is 5.69 Å². The van der Waals surface area contributed by atoms with E-state index in [0.29, 0.717) is 29.3 Å². The van der Waals surface area contributed by atoms with Gasteiger partial charge in [0.25, 0.3) is 5.91 Å². The number of amides is 2. The van der Waals surface area contributed by atoms with Gasteiger partial charge in [-0.25, -0.2) is 0 Å². The lowest BCUT2D eigenvalue weighted by atomic mass is 10.1. The number of anilines is 1. The summed E-state index contributed by atoms with van der Waals surface area (Å²) in [7, 11) is 0. The third kappa shape index (κ3) is 3.91. The summed E-state index contributed by atoms with van der Waals surface area (Å²) in [4.78, 5) is 24.4. The van der Waals surface area contributed by atoms with Crippen LogP contribution in [0.15, 0.2) is 42.5 Å². The first-order valence-corrected chi connectivity index (χ1v) is 8.11. The second-order valence-electron chi connectivity index (χ2n) is 6.06. The average Bonchev–Trinajstić information content (AvgIpc) is 3.07. The first kappa shape index (κ1) is 16.8. The summed E-state index contributed by atoms with van der Waals surface area (Å²) in [5.74, 6) is 0.839. The molecule has 2 aromatic carbocycles. The molecule has 25 heavy (non-hydrogen) atoms. The van der Waals surface area contributed by atoms with Crippen LogP contribution >= 0.6 is 0 Å². The van der Waals surface area contributed by atoms with Crippen molar-refractivity contribution in [3.8, 4) is 11.5 Å². The van der Waals surface area contributed by atoms with Gasteiger partial charge in [0.05, 0.1) is 11.3 Å². The van der Waals surface area contributed by atoms with Gasteiger partial charge in [-0.05, 0) is 29.8 Å². The number of nitrogens with one attached hydrogen (secondary N) is 2. The molecule has 0 radical (unpaired) electrons. The Labute approximate surface area is 146 Å². The molecule has 6 nitrogen and oxygen atoms in total. The first-order valence-electron chi connectivity index (χ1n) is 8.11. The molecule has 0 atom stereocenters. The summed E-state index contributed by atoms with van der Waals surface area (Å²) in [5, 5.41) is 5.65. The molecule has 130 valence electrons. The maximum absolute atomic E-state index is 12.5. The molecule has 0 spiro atoms. The summed E-state index contributed by atoms with van der Waals surface area (Å²) >= 11 is 0. The minimum absolute atomic E-state index is 0.129. The Morgan fingerprint density at radius 3 is 2.64 bits per heavy atom. The van der Waals surface area contributed by atoms with Gasteiger partial charge in [-0.2, -0.15) is 0 Å². The van der Waals surface area contributed by atoms with E-state index in [2.05, 4.69) is 10.6 Å². The smallest absolute Gasteiger partial charge is 0.253 e. The zero-order valence-electron chi connectivity index (χ0n) is 14.2. The van der Waals surface area contributed by atoms with Crippen molar-refractivity contribution in [1.29, 1.82) is 0 Å². The summed E-state index contributed by atoms with van der Waals surface area (Å²) < 4.78 is 10.6. The van der Waals surface area contributed by atoms with E-state index in [4.69, 9.17) is 9.47 Å². The van der Waals surface area contributed by atoms with Crippen molar-refractivity contribution in [3.63, 3.8) is 0 Å². The molecule has 1 heterocycles. The lowest BCUT2D eigenvalue weighted by molar-refractivity contribution is -0.118. The minimum Gasteiger partial charge on any atom is -0.454 e. The second-order valence-corrected chi connectivity index (χ2v) is 6.06. The lowest BCUT2D eigenvalue weighted by Gasteiger charge is -2.13. The predicted molar refractivity (Wildman–Crippen MR) is 93.6 cm³/mol. The molecule has 1 aliphatic heterocycles. The van der Waals surface area contributed by atoms with Crippen LogP contribution < -0.4 is 20.1 Å². The molecule has 6 heteroatoms. The van der Waals surface area contributed by atoms with Crippen molar-refractivity contribution in [2.75, 3.05) is 12.1 Å². The number of para-hydroxylation sites is 1. The average molecular weight is 340 g/mol. The molecule has 0 saturated carbocycles. The zero-order valence-corrected chi connectivity index (χ0v) is 14.2. The SMILES string of the molecule is CC(C)C(=O)Nc1ccccc1C(=O)NCc1ccc2c(c1)OCO2. The van der Waals surface area contributed by atoms with Crippen LogP contribution in [0.5, 0.6) is 11.5 Å². The van der Waals surface area contributed by atoms with Crippen LogP contribution in [0.25, 0.3) is 0 Å². The van der Waals surface area contributed by atoms with Gasteiger partial charge in [0, 0.05) is 12.5 Å². The monoisotopic (exact) mass is 340 g/mol. The molecule has 2 N–H and O–H groups in total. The Morgan fingerprint density at radius 1 is 1.08 bits per heavy atom. The molecular formula is C19H20N2O4. The Bertz CT molecular complexity index is 802. The summed E-state index contributed by atoms with van der Waals surface area (Å²) in [6.45, 7) is 4.17. The number of benzene rings is 2. The van der Waals surface area contributed by atoms with Gasteiger partial charge in [0.1, 0.15) is 0 Å². The van der Waals surface area contributed by atoms with Crippen LogP contribution in [0.2, 0.25) is 0 Å². The minimum atomic E-state index is -0.252. The topological polar surface area (TPSA) is 76.7 Å². The molecule has 3 rings (SSSR count). The van der Waals surface area contributed by atoms with E-state index in [1.165, 1.54) is 0 Å². The fourth-order valence-electron chi connectivity index (χ4n) is 2.40. The van der Waals surface area contributed by atoms with Gasteiger partial charge in [-0.3, -0.25) is 9.59 Å². The van der Waals surface area contributed by atoms with Crippen LogP contribution in [0.3, 0.4) is 0 Å². The summed E-state index contributed by atoms with van der Waals surface area (Å²) in [5.41, 5.74) is 1.84. The van der Waals surface area contributed by atoms with Crippen molar-refractivity contribution < 1.29 is 19.1 Å².